The van der Waals surface area contributed by atoms with E-state index in [0.717, 1.165) is 0 Å². The van der Waals surface area contributed by atoms with Crippen LogP contribution < -0.4 is 11.1 Å². The number of likely N-dealkylation sites (N-methyl/N-ethyl adjacent to an activating group) is 1. The van der Waals surface area contributed by atoms with E-state index in [-0.39, 0.29) is 25.4 Å². The summed E-state index contributed by atoms with van der Waals surface area (Å²) < 4.78 is 0. The molecular formula is C8H15N3O3. The molecule has 0 spiro atoms. The molecule has 6 heteroatoms. The molecule has 1 aliphatic heterocycles. The third kappa shape index (κ3) is 2.21. The molecule has 0 radical (unpaired) electrons. The first-order valence-corrected chi connectivity index (χ1v) is 4.47. The van der Waals surface area contributed by atoms with Crippen LogP contribution in [-0.4, -0.2) is 54.1 Å². The highest BCUT2D eigenvalue weighted by atomic mass is 16.3. The van der Waals surface area contributed by atoms with Crippen LogP contribution >= 0.6 is 0 Å². The van der Waals surface area contributed by atoms with Gasteiger partial charge in [0.05, 0.1) is 12.6 Å². The molecule has 80 valence electrons. The molecular weight excluding hydrogens is 186 g/mol. The summed E-state index contributed by atoms with van der Waals surface area (Å²) in [6.45, 7) is 0.338. The molecule has 2 atom stereocenters. The van der Waals surface area contributed by atoms with E-state index in [0.29, 0.717) is 0 Å². The second-order valence-corrected chi connectivity index (χ2v) is 3.38. The van der Waals surface area contributed by atoms with Gasteiger partial charge in [-0.1, -0.05) is 0 Å². The van der Waals surface area contributed by atoms with Crippen LogP contribution in [0.25, 0.3) is 0 Å². The molecule has 0 unspecified atom stereocenters. The van der Waals surface area contributed by atoms with Gasteiger partial charge in [0.1, 0.15) is 6.04 Å². The normalized spacial score (nSPS) is 26.6. The smallest absolute Gasteiger partial charge is 0.240 e. The number of likely N-dealkylation sites (tertiary alicyclic amines) is 1. The molecule has 0 aromatic heterocycles. The van der Waals surface area contributed by atoms with Gasteiger partial charge in [-0.25, -0.2) is 0 Å². The van der Waals surface area contributed by atoms with Gasteiger partial charge in [0.25, 0.3) is 0 Å². The van der Waals surface area contributed by atoms with Crippen LogP contribution in [0.2, 0.25) is 0 Å². The molecule has 6 nitrogen and oxygen atoms in total. The highest BCUT2D eigenvalue weighted by Crippen LogP contribution is 2.17. The Bertz CT molecular complexity index is 244. The maximum atomic E-state index is 11.5. The van der Waals surface area contributed by atoms with Crippen LogP contribution in [0.15, 0.2) is 0 Å². The summed E-state index contributed by atoms with van der Waals surface area (Å²) in [6, 6.07) is -0.661. The quantitative estimate of drug-likeness (QED) is 0.476. The first kappa shape index (κ1) is 10.9. The molecule has 4 N–H and O–H groups in total. The summed E-state index contributed by atoms with van der Waals surface area (Å²) in [5.41, 5.74) is 5.12. The van der Waals surface area contributed by atoms with Gasteiger partial charge in [-0.3, -0.25) is 9.59 Å². The predicted octanol–water partition coefficient (Wildman–Crippen LogP) is -2.35. The minimum atomic E-state index is -0.661. The lowest BCUT2D eigenvalue weighted by Gasteiger charge is -2.21. The number of nitrogens with two attached hydrogens (primary N) is 1. The molecule has 1 heterocycles. The molecule has 0 bridgehead atoms. The van der Waals surface area contributed by atoms with E-state index in [9.17, 15) is 14.7 Å². The standard InChI is InChI=1S/C8H15N3O3/c1-10-3-7(13)11-4-5(12)2-6(11)8(9)14/h5-6,10,12H,2-4H2,1H3,(H2,9,14)/t5-,6+/m1/s1. The number of carbonyl (C=O) groups excluding carboxylic acids is 2. The van der Waals surface area contributed by atoms with Crippen molar-refractivity contribution in [2.75, 3.05) is 20.1 Å². The summed E-state index contributed by atoms with van der Waals surface area (Å²) in [7, 11) is 1.64. The van der Waals surface area contributed by atoms with Gasteiger partial charge in [0.15, 0.2) is 0 Å². The third-order valence-electron chi connectivity index (χ3n) is 2.26. The van der Waals surface area contributed by atoms with Crippen molar-refractivity contribution in [2.45, 2.75) is 18.6 Å². The number of amides is 2. The van der Waals surface area contributed by atoms with E-state index in [2.05, 4.69) is 5.32 Å². The van der Waals surface area contributed by atoms with Crippen LogP contribution in [-0.2, 0) is 9.59 Å². The number of primary amides is 1. The topological polar surface area (TPSA) is 95.7 Å². The molecule has 0 aliphatic carbocycles. The van der Waals surface area contributed by atoms with E-state index in [1.54, 1.807) is 7.05 Å². The largest absolute Gasteiger partial charge is 0.391 e. The summed E-state index contributed by atoms with van der Waals surface area (Å²) >= 11 is 0. The molecule has 2 amide bonds. The monoisotopic (exact) mass is 201 g/mol. The van der Waals surface area contributed by atoms with E-state index in [4.69, 9.17) is 5.73 Å². The zero-order chi connectivity index (χ0) is 10.7. The number of hydrogen-bond donors (Lipinski definition) is 3. The Morgan fingerprint density at radius 2 is 2.29 bits per heavy atom. The molecule has 1 rings (SSSR count). The fourth-order valence-electron chi connectivity index (χ4n) is 1.61. The maximum Gasteiger partial charge on any atom is 0.240 e. The van der Waals surface area contributed by atoms with Gasteiger partial charge in [0, 0.05) is 13.0 Å². The zero-order valence-corrected chi connectivity index (χ0v) is 8.06. The number of rotatable bonds is 3. The first-order valence-electron chi connectivity index (χ1n) is 4.47. The number of nitrogens with one attached hydrogen (secondary N) is 1. The molecule has 1 fully saturated rings. The number of β-amino-alcohol motifs (C(OH)–C–C–N with tert-alkyl or cyclic N) is 1. The molecule has 1 saturated heterocycles. The van der Waals surface area contributed by atoms with E-state index < -0.39 is 18.1 Å². The van der Waals surface area contributed by atoms with Crippen LogP contribution in [0, 0.1) is 0 Å². The molecule has 0 aromatic rings. The minimum absolute atomic E-state index is 0.149. The Balaban J connectivity index is 2.66. The summed E-state index contributed by atoms with van der Waals surface area (Å²) in [5.74, 6) is -0.779. The lowest BCUT2D eigenvalue weighted by Crippen LogP contribution is -2.46. The summed E-state index contributed by atoms with van der Waals surface area (Å²) in [4.78, 5) is 23.7. The van der Waals surface area contributed by atoms with Gasteiger partial charge < -0.3 is 21.1 Å². The molecule has 1 aliphatic rings. The van der Waals surface area contributed by atoms with Crippen molar-refractivity contribution in [1.29, 1.82) is 0 Å². The molecule has 14 heavy (non-hydrogen) atoms. The highest BCUT2D eigenvalue weighted by Gasteiger charge is 2.37. The van der Waals surface area contributed by atoms with E-state index in [1.807, 2.05) is 0 Å². The zero-order valence-electron chi connectivity index (χ0n) is 8.06. The van der Waals surface area contributed by atoms with Crippen LogP contribution in [0.5, 0.6) is 0 Å². The lowest BCUT2D eigenvalue weighted by atomic mass is 10.2. The second kappa shape index (κ2) is 4.39. The van der Waals surface area contributed by atoms with Gasteiger partial charge in [-0.05, 0) is 7.05 Å². The van der Waals surface area contributed by atoms with Crippen molar-refractivity contribution in [3.63, 3.8) is 0 Å². The Morgan fingerprint density at radius 1 is 1.64 bits per heavy atom. The Morgan fingerprint density at radius 3 is 2.79 bits per heavy atom. The molecule has 0 saturated carbocycles. The fourth-order valence-corrected chi connectivity index (χ4v) is 1.61. The van der Waals surface area contributed by atoms with E-state index in [1.165, 1.54) is 4.90 Å². The number of aliphatic hydroxyl groups is 1. The predicted molar refractivity (Wildman–Crippen MR) is 49.2 cm³/mol. The average molecular weight is 201 g/mol. The Labute approximate surface area is 82.1 Å². The van der Waals surface area contributed by atoms with Crippen LogP contribution in [0.3, 0.4) is 0 Å². The Kier molecular flexibility index (Phi) is 3.43. The average Bonchev–Trinajstić information content (AvgIpc) is 2.48. The van der Waals surface area contributed by atoms with E-state index >= 15 is 0 Å². The summed E-state index contributed by atoms with van der Waals surface area (Å²) in [6.07, 6.45) is -0.404. The minimum Gasteiger partial charge on any atom is -0.391 e. The van der Waals surface area contributed by atoms with Gasteiger partial charge in [0.2, 0.25) is 11.8 Å². The maximum absolute atomic E-state index is 11.5. The summed E-state index contributed by atoms with van der Waals surface area (Å²) in [5, 5.41) is 12.0. The van der Waals surface area contributed by atoms with Crippen molar-refractivity contribution in [3.8, 4) is 0 Å². The highest BCUT2D eigenvalue weighted by molar-refractivity contribution is 5.88. The first-order chi connectivity index (χ1) is 6.56. The third-order valence-corrected chi connectivity index (χ3v) is 2.26. The van der Waals surface area contributed by atoms with Crippen molar-refractivity contribution < 1.29 is 14.7 Å². The van der Waals surface area contributed by atoms with Crippen molar-refractivity contribution >= 4 is 11.8 Å². The van der Waals surface area contributed by atoms with Gasteiger partial charge in [-0.2, -0.15) is 0 Å². The van der Waals surface area contributed by atoms with Crippen molar-refractivity contribution in [1.82, 2.24) is 10.2 Å². The number of carbonyl (C=O) groups is 2. The number of nitrogens with zero attached hydrogens (tertiary/aromatic N) is 1. The fraction of sp³-hybridized carbons (Fsp3) is 0.750. The number of hydrogen-bond acceptors (Lipinski definition) is 4. The van der Waals surface area contributed by atoms with Crippen molar-refractivity contribution in [2.24, 2.45) is 5.73 Å². The second-order valence-electron chi connectivity index (χ2n) is 3.38. The lowest BCUT2D eigenvalue weighted by molar-refractivity contribution is -0.136. The van der Waals surface area contributed by atoms with Crippen LogP contribution in [0.1, 0.15) is 6.42 Å². The Hall–Kier alpha value is -1.14. The van der Waals surface area contributed by atoms with Crippen LogP contribution in [0.4, 0.5) is 0 Å². The van der Waals surface area contributed by atoms with Crippen molar-refractivity contribution in [3.05, 3.63) is 0 Å². The van der Waals surface area contributed by atoms with Gasteiger partial charge in [-0.15, -0.1) is 0 Å². The molecule has 0 aromatic carbocycles. The van der Waals surface area contributed by atoms with Gasteiger partial charge >= 0.3 is 0 Å². The SMILES string of the molecule is CNCC(=O)N1C[C@H](O)C[C@H]1C(N)=O. The number of aliphatic hydroxyl groups excluding tert-OH is 1.